The summed E-state index contributed by atoms with van der Waals surface area (Å²) in [5.74, 6) is -0.383. The average Bonchev–Trinajstić information content (AvgIpc) is 3.09. The molecule has 0 N–H and O–H groups in total. The molecule has 3 rings (SSSR count). The Morgan fingerprint density at radius 2 is 1.96 bits per heavy atom. The molecule has 0 atom stereocenters. The van der Waals surface area contributed by atoms with Gasteiger partial charge in [-0.15, -0.1) is 0 Å². The predicted molar refractivity (Wildman–Crippen MR) is 92.2 cm³/mol. The van der Waals surface area contributed by atoms with Crippen molar-refractivity contribution >= 4 is 23.6 Å². The Kier molecular flexibility index (Phi) is 5.26. The summed E-state index contributed by atoms with van der Waals surface area (Å²) in [5.41, 5.74) is 1.87. The number of esters is 1. The number of nitrogens with zero attached hydrogens (tertiary/aromatic N) is 1. The van der Waals surface area contributed by atoms with E-state index in [0.29, 0.717) is 22.0 Å². The molecule has 6 heteroatoms. The molecule has 0 aliphatic heterocycles. The van der Waals surface area contributed by atoms with E-state index in [-0.39, 0.29) is 12.4 Å². The molecule has 2 aromatic carbocycles. The summed E-state index contributed by atoms with van der Waals surface area (Å²) in [7, 11) is 0. The average molecular weight is 358 g/mol. The number of aromatic nitrogens is 1. The van der Waals surface area contributed by atoms with Crippen molar-refractivity contribution in [2.75, 3.05) is 0 Å². The van der Waals surface area contributed by atoms with E-state index >= 15 is 0 Å². The van der Waals surface area contributed by atoms with Gasteiger partial charge in [-0.2, -0.15) is 0 Å². The lowest BCUT2D eigenvalue weighted by Crippen LogP contribution is -2.00. The fourth-order valence-electron chi connectivity index (χ4n) is 2.09. The van der Waals surface area contributed by atoms with E-state index in [2.05, 4.69) is 5.16 Å². The van der Waals surface area contributed by atoms with Gasteiger partial charge in [0.2, 0.25) is 0 Å². The molecule has 1 heterocycles. The van der Waals surface area contributed by atoms with Gasteiger partial charge in [0.1, 0.15) is 18.1 Å². The van der Waals surface area contributed by atoms with Gasteiger partial charge in [0.25, 0.3) is 0 Å². The summed E-state index contributed by atoms with van der Waals surface area (Å²) in [4.78, 5) is 11.8. The third-order valence-corrected chi connectivity index (χ3v) is 3.70. The number of rotatable bonds is 5. The van der Waals surface area contributed by atoms with Gasteiger partial charge >= 0.3 is 5.97 Å². The van der Waals surface area contributed by atoms with Crippen molar-refractivity contribution in [2.45, 2.75) is 6.61 Å². The highest BCUT2D eigenvalue weighted by Gasteiger charge is 2.08. The van der Waals surface area contributed by atoms with E-state index < -0.39 is 5.97 Å². The van der Waals surface area contributed by atoms with Crippen molar-refractivity contribution in [3.05, 3.63) is 82.8 Å². The zero-order chi connectivity index (χ0) is 17.6. The van der Waals surface area contributed by atoms with Crippen molar-refractivity contribution in [3.63, 3.8) is 0 Å². The Hall–Kier alpha value is -2.92. The fraction of sp³-hybridized carbons (Fsp3) is 0.0526. The van der Waals surface area contributed by atoms with Crippen LogP contribution in [0, 0.1) is 5.82 Å². The van der Waals surface area contributed by atoms with Gasteiger partial charge in [0.15, 0.2) is 5.76 Å². The normalized spacial score (nSPS) is 11.0. The maximum atomic E-state index is 12.9. The van der Waals surface area contributed by atoms with Gasteiger partial charge in [0, 0.05) is 22.7 Å². The highest BCUT2D eigenvalue weighted by molar-refractivity contribution is 6.32. The second-order valence-electron chi connectivity index (χ2n) is 5.15. The first-order chi connectivity index (χ1) is 12.1. The minimum absolute atomic E-state index is 0.0314. The van der Waals surface area contributed by atoms with Crippen LogP contribution < -0.4 is 0 Å². The Labute approximate surface area is 148 Å². The van der Waals surface area contributed by atoms with Crippen molar-refractivity contribution in [3.8, 4) is 11.3 Å². The number of hydrogen-bond donors (Lipinski definition) is 0. The molecule has 0 aliphatic rings. The first-order valence-corrected chi connectivity index (χ1v) is 7.80. The van der Waals surface area contributed by atoms with E-state index in [1.54, 1.807) is 42.5 Å². The molecule has 0 amide bonds. The molecule has 25 heavy (non-hydrogen) atoms. The topological polar surface area (TPSA) is 52.3 Å². The number of carbonyl (C=O) groups is 1. The summed E-state index contributed by atoms with van der Waals surface area (Å²) < 4.78 is 23.2. The quantitative estimate of drug-likeness (QED) is 0.482. The smallest absolute Gasteiger partial charge is 0.331 e. The first-order valence-electron chi connectivity index (χ1n) is 7.43. The molecule has 0 aliphatic carbocycles. The zero-order valence-electron chi connectivity index (χ0n) is 13.0. The van der Waals surface area contributed by atoms with Crippen molar-refractivity contribution < 1.29 is 18.4 Å². The van der Waals surface area contributed by atoms with Crippen molar-refractivity contribution in [1.82, 2.24) is 5.16 Å². The molecule has 0 unspecified atom stereocenters. The molecule has 126 valence electrons. The van der Waals surface area contributed by atoms with Crippen LogP contribution in [0.2, 0.25) is 5.02 Å². The summed E-state index contributed by atoms with van der Waals surface area (Å²) >= 11 is 6.00. The summed E-state index contributed by atoms with van der Waals surface area (Å²) in [6, 6.07) is 14.6. The van der Waals surface area contributed by atoms with E-state index in [1.807, 2.05) is 6.07 Å². The SMILES string of the molecule is O=C(/C=C/c1ccccc1Cl)OCc1cc(-c2ccc(F)cc2)on1. The molecule has 0 bridgehead atoms. The predicted octanol–water partition coefficient (Wildman–Crippen LogP) is 4.89. The maximum absolute atomic E-state index is 12.9. The van der Waals surface area contributed by atoms with Crippen LogP contribution in [-0.2, 0) is 16.1 Å². The van der Waals surface area contributed by atoms with Gasteiger partial charge in [0.05, 0.1) is 0 Å². The Morgan fingerprint density at radius 1 is 1.20 bits per heavy atom. The number of halogens is 2. The molecule has 0 saturated heterocycles. The summed E-state index contributed by atoms with van der Waals surface area (Å²) in [5, 5.41) is 4.38. The van der Waals surface area contributed by atoms with Crippen LogP contribution in [0.15, 0.2) is 65.2 Å². The second kappa shape index (κ2) is 7.77. The molecule has 0 spiro atoms. The fourth-order valence-corrected chi connectivity index (χ4v) is 2.29. The van der Waals surface area contributed by atoms with Crippen LogP contribution in [0.3, 0.4) is 0 Å². The summed E-state index contributed by atoms with van der Waals surface area (Å²) in [6.45, 7) is -0.0314. The highest BCUT2D eigenvalue weighted by atomic mass is 35.5. The summed E-state index contributed by atoms with van der Waals surface area (Å²) in [6.07, 6.45) is 2.87. The highest BCUT2D eigenvalue weighted by Crippen LogP contribution is 2.21. The first kappa shape index (κ1) is 16.9. The molecular weight excluding hydrogens is 345 g/mol. The van der Waals surface area contributed by atoms with Crippen LogP contribution in [0.4, 0.5) is 4.39 Å². The molecule has 0 fully saturated rings. The van der Waals surface area contributed by atoms with Crippen LogP contribution in [0.5, 0.6) is 0 Å². The zero-order valence-corrected chi connectivity index (χ0v) is 13.7. The molecule has 4 nitrogen and oxygen atoms in total. The number of hydrogen-bond acceptors (Lipinski definition) is 4. The number of ether oxygens (including phenoxy) is 1. The van der Waals surface area contributed by atoms with Crippen LogP contribution in [0.1, 0.15) is 11.3 Å². The minimum atomic E-state index is -0.522. The minimum Gasteiger partial charge on any atom is -0.456 e. The maximum Gasteiger partial charge on any atom is 0.331 e. The van der Waals surface area contributed by atoms with E-state index in [0.717, 1.165) is 5.56 Å². The van der Waals surface area contributed by atoms with Gasteiger partial charge < -0.3 is 9.26 Å². The molecule has 3 aromatic rings. The largest absolute Gasteiger partial charge is 0.456 e. The monoisotopic (exact) mass is 357 g/mol. The Bertz CT molecular complexity index is 903. The van der Waals surface area contributed by atoms with Crippen LogP contribution in [0.25, 0.3) is 17.4 Å². The lowest BCUT2D eigenvalue weighted by Gasteiger charge is -1.98. The van der Waals surface area contributed by atoms with E-state index in [1.165, 1.54) is 18.2 Å². The molecular formula is C19H13ClFNO3. The Balaban J connectivity index is 1.58. The second-order valence-corrected chi connectivity index (χ2v) is 5.56. The molecule has 0 radical (unpaired) electrons. The van der Waals surface area contributed by atoms with Crippen molar-refractivity contribution in [1.29, 1.82) is 0 Å². The van der Waals surface area contributed by atoms with Crippen molar-refractivity contribution in [2.24, 2.45) is 0 Å². The van der Waals surface area contributed by atoms with Gasteiger partial charge in [-0.05, 0) is 42.0 Å². The third kappa shape index (κ3) is 4.55. The van der Waals surface area contributed by atoms with Gasteiger partial charge in [-0.3, -0.25) is 0 Å². The number of carbonyl (C=O) groups excluding carboxylic acids is 1. The van der Waals surface area contributed by atoms with Gasteiger partial charge in [-0.25, -0.2) is 9.18 Å². The standard InChI is InChI=1S/C19H13ClFNO3/c20-17-4-2-1-3-13(17)7-10-19(23)24-12-16-11-18(25-22-16)14-5-8-15(21)9-6-14/h1-11H,12H2/b10-7+. The van der Waals surface area contributed by atoms with E-state index in [4.69, 9.17) is 20.9 Å². The van der Waals surface area contributed by atoms with E-state index in [9.17, 15) is 9.18 Å². The third-order valence-electron chi connectivity index (χ3n) is 3.35. The van der Waals surface area contributed by atoms with Crippen LogP contribution in [-0.4, -0.2) is 11.1 Å². The lowest BCUT2D eigenvalue weighted by atomic mass is 10.1. The van der Waals surface area contributed by atoms with Gasteiger partial charge in [-0.1, -0.05) is 35.0 Å². The lowest BCUT2D eigenvalue weighted by molar-refractivity contribution is -0.139. The molecule has 0 saturated carbocycles. The molecule has 1 aromatic heterocycles. The Morgan fingerprint density at radius 3 is 2.72 bits per heavy atom. The number of benzene rings is 2. The van der Waals surface area contributed by atoms with Crippen LogP contribution >= 0.6 is 11.6 Å².